The Morgan fingerprint density at radius 3 is 2.59 bits per heavy atom. The van der Waals surface area contributed by atoms with Crippen molar-refractivity contribution in [1.82, 2.24) is 9.97 Å². The molecule has 0 saturated heterocycles. The number of hydrogen-bond acceptors (Lipinski definition) is 6. The van der Waals surface area contributed by atoms with Gasteiger partial charge in [-0.05, 0) is 43.3 Å². The van der Waals surface area contributed by atoms with Crippen LogP contribution in [0.3, 0.4) is 0 Å². The van der Waals surface area contributed by atoms with Crippen LogP contribution in [-0.2, 0) is 4.74 Å². The van der Waals surface area contributed by atoms with Gasteiger partial charge in [-0.15, -0.1) is 0 Å². The highest BCUT2D eigenvalue weighted by Crippen LogP contribution is 2.21. The molecule has 2 N–H and O–H groups in total. The Kier molecular flexibility index (Phi) is 5.73. The average molecular weight is 362 g/mol. The van der Waals surface area contributed by atoms with E-state index in [9.17, 15) is 9.59 Å². The van der Waals surface area contributed by atoms with Crippen molar-refractivity contribution in [2.24, 2.45) is 0 Å². The van der Waals surface area contributed by atoms with Crippen LogP contribution >= 0.6 is 0 Å². The number of hydrogen-bond donors (Lipinski definition) is 2. The Morgan fingerprint density at radius 2 is 1.89 bits per heavy atom. The fraction of sp³-hybridized carbons (Fsp3) is 0.100. The van der Waals surface area contributed by atoms with Gasteiger partial charge < -0.3 is 15.4 Å². The van der Waals surface area contributed by atoms with Gasteiger partial charge in [-0.2, -0.15) is 0 Å². The van der Waals surface area contributed by atoms with Crippen LogP contribution in [0.4, 0.5) is 17.2 Å². The summed E-state index contributed by atoms with van der Waals surface area (Å²) in [5.41, 5.74) is 2.03. The van der Waals surface area contributed by atoms with Crippen LogP contribution in [0, 0.1) is 0 Å². The molecule has 0 aliphatic rings. The Morgan fingerprint density at radius 1 is 1.04 bits per heavy atom. The molecule has 0 atom stereocenters. The number of carbonyl (C=O) groups is 2. The number of esters is 1. The lowest BCUT2D eigenvalue weighted by Crippen LogP contribution is -2.12. The van der Waals surface area contributed by atoms with Gasteiger partial charge in [-0.25, -0.2) is 9.78 Å². The van der Waals surface area contributed by atoms with Crippen LogP contribution in [0.1, 0.15) is 27.6 Å². The smallest absolute Gasteiger partial charge is 0.340 e. The molecule has 0 spiro atoms. The summed E-state index contributed by atoms with van der Waals surface area (Å²) in [5, 5.41) is 5.84. The second-order valence-corrected chi connectivity index (χ2v) is 5.52. The number of amides is 1. The second kappa shape index (κ2) is 8.57. The molecule has 0 unspecified atom stereocenters. The highest BCUT2D eigenvalue weighted by Gasteiger charge is 2.12. The fourth-order valence-corrected chi connectivity index (χ4v) is 2.36. The van der Waals surface area contributed by atoms with Crippen molar-refractivity contribution in [3.63, 3.8) is 0 Å². The number of nitrogens with zero attached hydrogens (tertiary/aromatic N) is 2. The third kappa shape index (κ3) is 4.66. The zero-order valence-corrected chi connectivity index (χ0v) is 14.7. The van der Waals surface area contributed by atoms with Crippen LogP contribution in [0.15, 0.2) is 67.1 Å². The molecule has 7 heteroatoms. The number of anilines is 3. The highest BCUT2D eigenvalue weighted by molar-refractivity contribution is 6.04. The lowest BCUT2D eigenvalue weighted by molar-refractivity contribution is 0.0527. The molecule has 3 aromatic rings. The van der Waals surface area contributed by atoms with E-state index in [0.29, 0.717) is 34.9 Å². The summed E-state index contributed by atoms with van der Waals surface area (Å²) in [6, 6.07) is 13.8. The Hall–Kier alpha value is -3.74. The van der Waals surface area contributed by atoms with E-state index in [1.165, 1.54) is 12.4 Å². The predicted molar refractivity (Wildman–Crippen MR) is 102 cm³/mol. The van der Waals surface area contributed by atoms with Crippen molar-refractivity contribution in [2.45, 2.75) is 6.92 Å². The number of rotatable bonds is 6. The molecule has 0 bridgehead atoms. The molecule has 0 saturated carbocycles. The molecule has 1 aromatic carbocycles. The molecular weight excluding hydrogens is 344 g/mol. The van der Waals surface area contributed by atoms with Gasteiger partial charge in [0, 0.05) is 12.4 Å². The van der Waals surface area contributed by atoms with E-state index in [1.807, 2.05) is 6.07 Å². The topological polar surface area (TPSA) is 93.2 Å². The van der Waals surface area contributed by atoms with E-state index < -0.39 is 5.97 Å². The number of benzene rings is 1. The molecule has 7 nitrogen and oxygen atoms in total. The SMILES string of the molecule is CCOC(=O)c1ccccc1Nc1ccc(NC(=O)c2cccnc2)cn1. The van der Waals surface area contributed by atoms with Crippen molar-refractivity contribution in [3.05, 3.63) is 78.2 Å². The summed E-state index contributed by atoms with van der Waals surface area (Å²) in [7, 11) is 0. The van der Waals surface area contributed by atoms with Gasteiger partial charge in [-0.3, -0.25) is 9.78 Å². The van der Waals surface area contributed by atoms with E-state index in [2.05, 4.69) is 20.6 Å². The van der Waals surface area contributed by atoms with Crippen molar-refractivity contribution >= 4 is 29.1 Å². The van der Waals surface area contributed by atoms with E-state index in [4.69, 9.17) is 4.74 Å². The zero-order chi connectivity index (χ0) is 19.1. The highest BCUT2D eigenvalue weighted by atomic mass is 16.5. The number of aromatic nitrogens is 2. The van der Waals surface area contributed by atoms with Crippen molar-refractivity contribution < 1.29 is 14.3 Å². The number of nitrogens with one attached hydrogen (secondary N) is 2. The molecule has 0 radical (unpaired) electrons. The average Bonchev–Trinajstić information content (AvgIpc) is 2.70. The van der Waals surface area contributed by atoms with Crippen LogP contribution in [0.2, 0.25) is 0 Å². The summed E-state index contributed by atoms with van der Waals surface area (Å²) >= 11 is 0. The van der Waals surface area contributed by atoms with E-state index in [0.717, 1.165) is 0 Å². The third-order valence-corrected chi connectivity index (χ3v) is 3.63. The largest absolute Gasteiger partial charge is 0.462 e. The van der Waals surface area contributed by atoms with Crippen molar-refractivity contribution in [1.29, 1.82) is 0 Å². The maximum absolute atomic E-state index is 12.1. The van der Waals surface area contributed by atoms with Gasteiger partial charge in [0.25, 0.3) is 5.91 Å². The van der Waals surface area contributed by atoms with Gasteiger partial charge in [0.1, 0.15) is 5.82 Å². The summed E-state index contributed by atoms with van der Waals surface area (Å²) in [6.45, 7) is 2.06. The summed E-state index contributed by atoms with van der Waals surface area (Å²) in [5.74, 6) is -0.134. The molecule has 136 valence electrons. The minimum Gasteiger partial charge on any atom is -0.462 e. The Bertz CT molecular complexity index is 927. The maximum Gasteiger partial charge on any atom is 0.340 e. The monoisotopic (exact) mass is 362 g/mol. The van der Waals surface area contributed by atoms with Crippen LogP contribution in [-0.4, -0.2) is 28.5 Å². The number of ether oxygens (including phenoxy) is 1. The van der Waals surface area contributed by atoms with E-state index >= 15 is 0 Å². The lowest BCUT2D eigenvalue weighted by atomic mass is 10.2. The van der Waals surface area contributed by atoms with Crippen molar-refractivity contribution in [3.8, 4) is 0 Å². The van der Waals surface area contributed by atoms with Crippen LogP contribution < -0.4 is 10.6 Å². The normalized spacial score (nSPS) is 10.1. The first-order valence-corrected chi connectivity index (χ1v) is 8.38. The minimum atomic E-state index is -0.402. The standard InChI is InChI=1S/C20H18N4O3/c1-2-27-20(26)16-7-3-4-8-17(16)24-18-10-9-15(13-22-18)23-19(25)14-6-5-11-21-12-14/h3-13H,2H2,1H3,(H,22,24)(H,23,25). The van der Waals surface area contributed by atoms with Crippen LogP contribution in [0.5, 0.6) is 0 Å². The fourth-order valence-electron chi connectivity index (χ4n) is 2.36. The summed E-state index contributed by atoms with van der Waals surface area (Å²) in [4.78, 5) is 32.3. The van der Waals surface area contributed by atoms with Crippen LogP contribution in [0.25, 0.3) is 0 Å². The molecule has 0 aliphatic carbocycles. The molecule has 3 rings (SSSR count). The van der Waals surface area contributed by atoms with Gasteiger partial charge in [-0.1, -0.05) is 12.1 Å². The Labute approximate surface area is 156 Å². The van der Waals surface area contributed by atoms with Gasteiger partial charge in [0.15, 0.2) is 0 Å². The molecule has 2 heterocycles. The summed E-state index contributed by atoms with van der Waals surface area (Å²) < 4.78 is 5.06. The molecule has 2 aromatic heterocycles. The molecule has 27 heavy (non-hydrogen) atoms. The van der Waals surface area contributed by atoms with Gasteiger partial charge in [0.2, 0.25) is 0 Å². The van der Waals surface area contributed by atoms with Gasteiger partial charge >= 0.3 is 5.97 Å². The first-order valence-electron chi connectivity index (χ1n) is 8.38. The molecule has 0 aliphatic heterocycles. The molecule has 0 fully saturated rings. The quantitative estimate of drug-likeness (QED) is 0.650. The first-order chi connectivity index (χ1) is 13.2. The zero-order valence-electron chi connectivity index (χ0n) is 14.7. The maximum atomic E-state index is 12.1. The number of carbonyl (C=O) groups excluding carboxylic acids is 2. The number of para-hydroxylation sites is 1. The lowest BCUT2D eigenvalue weighted by Gasteiger charge is -2.11. The third-order valence-electron chi connectivity index (χ3n) is 3.63. The van der Waals surface area contributed by atoms with E-state index in [-0.39, 0.29) is 5.91 Å². The summed E-state index contributed by atoms with van der Waals surface area (Å²) in [6.07, 6.45) is 4.63. The predicted octanol–water partition coefficient (Wildman–Crippen LogP) is 3.65. The van der Waals surface area contributed by atoms with Gasteiger partial charge in [0.05, 0.1) is 35.3 Å². The Balaban J connectivity index is 1.70. The molecular formula is C20H18N4O3. The van der Waals surface area contributed by atoms with E-state index in [1.54, 1.807) is 55.6 Å². The second-order valence-electron chi connectivity index (χ2n) is 5.52. The number of pyridine rings is 2. The molecule has 1 amide bonds. The minimum absolute atomic E-state index is 0.265. The first kappa shape index (κ1) is 18.1. The van der Waals surface area contributed by atoms with Crippen molar-refractivity contribution in [2.75, 3.05) is 17.2 Å².